The zero-order valence-corrected chi connectivity index (χ0v) is 11.3. The molecule has 0 aromatic carbocycles. The molecule has 0 radical (unpaired) electrons. The predicted molar refractivity (Wildman–Crippen MR) is 71.8 cm³/mol. The quantitative estimate of drug-likeness (QED) is 0.540. The van der Waals surface area contributed by atoms with E-state index in [1.807, 2.05) is 13.8 Å². The molecule has 1 heterocycles. The Labute approximate surface area is 103 Å². The molecule has 1 atom stereocenters. The molecule has 17 heavy (non-hydrogen) atoms. The van der Waals surface area contributed by atoms with Crippen LogP contribution < -0.4 is 16.6 Å². The van der Waals surface area contributed by atoms with Crippen molar-refractivity contribution in [1.82, 2.24) is 9.97 Å². The fourth-order valence-corrected chi connectivity index (χ4v) is 1.43. The second-order valence-electron chi connectivity index (χ2n) is 4.84. The Morgan fingerprint density at radius 1 is 1.12 bits per heavy atom. The van der Waals surface area contributed by atoms with Gasteiger partial charge in [-0.2, -0.15) is 0 Å². The van der Waals surface area contributed by atoms with Crippen LogP contribution in [0.3, 0.4) is 0 Å². The molecule has 1 rings (SSSR count). The highest BCUT2D eigenvalue weighted by molar-refractivity contribution is 5.56. The molecule has 5 nitrogen and oxygen atoms in total. The third-order valence-corrected chi connectivity index (χ3v) is 3.12. The summed E-state index contributed by atoms with van der Waals surface area (Å²) in [6, 6.07) is 0. The standard InChI is InChI=1S/C12H23N5/c1-7(2)8(3)6-14-11-9(4)12(17-13)16-10(5)15-11/h7-8H,6,13H2,1-5H3,(H2,14,15,16,17). The molecule has 1 unspecified atom stereocenters. The molecule has 0 bridgehead atoms. The van der Waals surface area contributed by atoms with E-state index in [9.17, 15) is 0 Å². The lowest BCUT2D eigenvalue weighted by Gasteiger charge is -2.18. The summed E-state index contributed by atoms with van der Waals surface area (Å²) in [6.45, 7) is 11.4. The Morgan fingerprint density at radius 3 is 2.24 bits per heavy atom. The highest BCUT2D eigenvalue weighted by atomic mass is 15.3. The third-order valence-electron chi connectivity index (χ3n) is 3.12. The Kier molecular flexibility index (Phi) is 4.69. The summed E-state index contributed by atoms with van der Waals surface area (Å²) in [6.07, 6.45) is 0. The number of aromatic nitrogens is 2. The first-order valence-electron chi connectivity index (χ1n) is 6.01. The minimum Gasteiger partial charge on any atom is -0.369 e. The molecular formula is C12H23N5. The molecule has 0 spiro atoms. The number of anilines is 2. The van der Waals surface area contributed by atoms with Gasteiger partial charge in [-0.1, -0.05) is 20.8 Å². The fraction of sp³-hybridized carbons (Fsp3) is 0.667. The van der Waals surface area contributed by atoms with Gasteiger partial charge in [0.1, 0.15) is 17.5 Å². The number of hydrazine groups is 1. The van der Waals surface area contributed by atoms with Crippen LogP contribution in [0.1, 0.15) is 32.2 Å². The molecule has 4 N–H and O–H groups in total. The summed E-state index contributed by atoms with van der Waals surface area (Å²) < 4.78 is 0. The van der Waals surface area contributed by atoms with Gasteiger partial charge in [-0.25, -0.2) is 15.8 Å². The van der Waals surface area contributed by atoms with E-state index in [0.717, 1.165) is 17.9 Å². The normalized spacial score (nSPS) is 12.6. The summed E-state index contributed by atoms with van der Waals surface area (Å²) in [5, 5.41) is 3.36. The fourth-order valence-electron chi connectivity index (χ4n) is 1.43. The SMILES string of the molecule is Cc1nc(NN)c(C)c(NCC(C)C(C)C)n1. The van der Waals surface area contributed by atoms with E-state index in [1.165, 1.54) is 0 Å². The highest BCUT2D eigenvalue weighted by Crippen LogP contribution is 2.20. The van der Waals surface area contributed by atoms with Gasteiger partial charge in [-0.15, -0.1) is 0 Å². The number of rotatable bonds is 5. The number of nitrogens with zero attached hydrogens (tertiary/aromatic N) is 2. The van der Waals surface area contributed by atoms with E-state index in [1.54, 1.807) is 0 Å². The maximum atomic E-state index is 5.42. The summed E-state index contributed by atoms with van der Waals surface area (Å²) >= 11 is 0. The molecule has 0 saturated carbocycles. The summed E-state index contributed by atoms with van der Waals surface area (Å²) in [4.78, 5) is 8.62. The highest BCUT2D eigenvalue weighted by Gasteiger charge is 2.11. The largest absolute Gasteiger partial charge is 0.369 e. The Hall–Kier alpha value is -1.36. The van der Waals surface area contributed by atoms with E-state index in [4.69, 9.17) is 5.84 Å². The average molecular weight is 237 g/mol. The van der Waals surface area contributed by atoms with Crippen LogP contribution in [0, 0.1) is 25.7 Å². The molecule has 0 aliphatic rings. The predicted octanol–water partition coefficient (Wildman–Crippen LogP) is 2.08. The van der Waals surface area contributed by atoms with E-state index < -0.39 is 0 Å². The zero-order chi connectivity index (χ0) is 13.0. The molecular weight excluding hydrogens is 214 g/mol. The van der Waals surface area contributed by atoms with Crippen LogP contribution in [0.15, 0.2) is 0 Å². The molecule has 0 amide bonds. The molecule has 96 valence electrons. The third kappa shape index (κ3) is 3.56. The van der Waals surface area contributed by atoms with Crippen molar-refractivity contribution in [3.63, 3.8) is 0 Å². The second kappa shape index (κ2) is 5.82. The maximum absolute atomic E-state index is 5.42. The molecule has 1 aromatic rings. The van der Waals surface area contributed by atoms with Crippen molar-refractivity contribution in [3.05, 3.63) is 11.4 Å². The van der Waals surface area contributed by atoms with Gasteiger partial charge in [0.2, 0.25) is 0 Å². The second-order valence-corrected chi connectivity index (χ2v) is 4.84. The smallest absolute Gasteiger partial charge is 0.148 e. The van der Waals surface area contributed by atoms with Crippen LogP contribution >= 0.6 is 0 Å². The molecule has 0 aliphatic heterocycles. The lowest BCUT2D eigenvalue weighted by atomic mass is 9.98. The summed E-state index contributed by atoms with van der Waals surface area (Å²) in [5.74, 6) is 8.92. The number of hydrogen-bond donors (Lipinski definition) is 3. The number of aryl methyl sites for hydroxylation is 1. The van der Waals surface area contributed by atoms with Crippen molar-refractivity contribution < 1.29 is 0 Å². The van der Waals surface area contributed by atoms with Crippen LogP contribution in [0.5, 0.6) is 0 Å². The van der Waals surface area contributed by atoms with Gasteiger partial charge in [-0.05, 0) is 25.7 Å². The van der Waals surface area contributed by atoms with Crippen molar-refractivity contribution in [2.45, 2.75) is 34.6 Å². The Morgan fingerprint density at radius 2 is 1.71 bits per heavy atom. The van der Waals surface area contributed by atoms with Crippen LogP contribution in [0.4, 0.5) is 11.6 Å². The molecule has 1 aromatic heterocycles. The first kappa shape index (κ1) is 13.7. The first-order chi connectivity index (χ1) is 7.95. The van der Waals surface area contributed by atoms with E-state index in [-0.39, 0.29) is 0 Å². The van der Waals surface area contributed by atoms with Gasteiger partial charge < -0.3 is 10.7 Å². The lowest BCUT2D eigenvalue weighted by molar-refractivity contribution is 0.439. The Bertz CT molecular complexity index is 375. The van der Waals surface area contributed by atoms with Gasteiger partial charge in [-0.3, -0.25) is 0 Å². The maximum Gasteiger partial charge on any atom is 0.148 e. The van der Waals surface area contributed by atoms with E-state index in [0.29, 0.717) is 23.5 Å². The van der Waals surface area contributed by atoms with Crippen LogP contribution in [-0.2, 0) is 0 Å². The first-order valence-corrected chi connectivity index (χ1v) is 6.01. The van der Waals surface area contributed by atoms with Gasteiger partial charge in [0.05, 0.1) is 0 Å². The van der Waals surface area contributed by atoms with Crippen molar-refractivity contribution >= 4 is 11.6 Å². The van der Waals surface area contributed by atoms with Gasteiger partial charge in [0.25, 0.3) is 0 Å². The number of hydrogen-bond acceptors (Lipinski definition) is 5. The summed E-state index contributed by atoms with van der Waals surface area (Å²) in [7, 11) is 0. The van der Waals surface area contributed by atoms with Crippen molar-refractivity contribution in [1.29, 1.82) is 0 Å². The van der Waals surface area contributed by atoms with E-state index in [2.05, 4.69) is 41.5 Å². The topological polar surface area (TPSA) is 75.9 Å². The number of nitrogens with one attached hydrogen (secondary N) is 2. The van der Waals surface area contributed by atoms with Crippen molar-refractivity contribution in [2.75, 3.05) is 17.3 Å². The van der Waals surface area contributed by atoms with Crippen LogP contribution in [-0.4, -0.2) is 16.5 Å². The molecule has 0 aliphatic carbocycles. The molecule has 0 saturated heterocycles. The number of nitrogen functional groups attached to an aromatic ring is 1. The van der Waals surface area contributed by atoms with Crippen molar-refractivity contribution in [3.8, 4) is 0 Å². The van der Waals surface area contributed by atoms with E-state index >= 15 is 0 Å². The molecule has 5 heteroatoms. The monoisotopic (exact) mass is 237 g/mol. The van der Waals surface area contributed by atoms with Gasteiger partial charge in [0.15, 0.2) is 0 Å². The summed E-state index contributed by atoms with van der Waals surface area (Å²) in [5.41, 5.74) is 3.55. The van der Waals surface area contributed by atoms with Crippen LogP contribution in [0.2, 0.25) is 0 Å². The zero-order valence-electron chi connectivity index (χ0n) is 11.3. The van der Waals surface area contributed by atoms with Gasteiger partial charge >= 0.3 is 0 Å². The average Bonchev–Trinajstić information content (AvgIpc) is 2.29. The minimum absolute atomic E-state index is 0.596. The Balaban J connectivity index is 2.80. The minimum atomic E-state index is 0.596. The number of nitrogens with two attached hydrogens (primary N) is 1. The van der Waals surface area contributed by atoms with Crippen LogP contribution in [0.25, 0.3) is 0 Å². The van der Waals surface area contributed by atoms with Crippen molar-refractivity contribution in [2.24, 2.45) is 17.7 Å². The molecule has 0 fully saturated rings. The lowest BCUT2D eigenvalue weighted by Crippen LogP contribution is -2.19. The van der Waals surface area contributed by atoms with Gasteiger partial charge in [0, 0.05) is 12.1 Å².